The molecule has 5 aliphatic rings. The minimum atomic E-state index is -0.459. The smallest absolute Gasteiger partial charge is 0.415 e. The lowest BCUT2D eigenvalue weighted by Gasteiger charge is -2.46. The Balaban J connectivity index is 0.000000151. The monoisotopic (exact) mass is 1400 g/mol. The highest BCUT2D eigenvalue weighted by atomic mass is 79.9. The van der Waals surface area contributed by atoms with Gasteiger partial charge in [0.2, 0.25) is 11.9 Å². The van der Waals surface area contributed by atoms with Gasteiger partial charge in [0, 0.05) is 36.9 Å². The van der Waals surface area contributed by atoms with Crippen molar-refractivity contribution in [3.05, 3.63) is 171 Å². The Hall–Kier alpha value is -9.39. The van der Waals surface area contributed by atoms with Gasteiger partial charge >= 0.3 is 18.3 Å². The minimum absolute atomic E-state index is 0.231. The zero-order valence-corrected chi connectivity index (χ0v) is 54.2. The number of anilines is 6. The first-order valence-electron chi connectivity index (χ1n) is 29.3. The number of aromatic nitrogens is 12. The van der Waals surface area contributed by atoms with Gasteiger partial charge in [-0.1, -0.05) is 48.2 Å². The van der Waals surface area contributed by atoms with Crippen LogP contribution < -0.4 is 36.0 Å². The molecule has 0 aliphatic carbocycles. The third-order valence-electron chi connectivity index (χ3n) is 15.8. The predicted molar refractivity (Wildman–Crippen MR) is 354 cm³/mol. The number of carbonyl (C=O) groups is 3. The maximum atomic E-state index is 13.4. The van der Waals surface area contributed by atoms with Crippen LogP contribution in [0, 0.1) is 11.4 Å². The van der Waals surface area contributed by atoms with Crippen LogP contribution in [0.5, 0.6) is 0 Å². The Bertz CT molecular complexity index is 4310. The summed E-state index contributed by atoms with van der Waals surface area (Å²) in [4.78, 5) is 105. The molecule has 5 fully saturated rings. The fourth-order valence-electron chi connectivity index (χ4n) is 11.1. The normalized spacial score (nSPS) is 16.1. The van der Waals surface area contributed by atoms with Gasteiger partial charge in [-0.2, -0.15) is 9.37 Å². The fraction of sp³-hybridized carbons (Fsp3) is 0.306. The quantitative estimate of drug-likeness (QED) is 0.0370. The summed E-state index contributed by atoms with van der Waals surface area (Å²) in [6, 6.07) is 28.9. The second-order valence-corrected chi connectivity index (χ2v) is 24.0. The molecule has 1 N–H and O–H groups in total. The number of likely N-dealkylation sites (tertiary alicyclic amines) is 1. The number of thioether (sulfide) groups is 1. The van der Waals surface area contributed by atoms with E-state index in [2.05, 4.69) is 114 Å². The van der Waals surface area contributed by atoms with E-state index in [1.165, 1.54) is 98.7 Å². The van der Waals surface area contributed by atoms with Crippen LogP contribution in [0.25, 0.3) is 33.7 Å². The Labute approximate surface area is 547 Å². The van der Waals surface area contributed by atoms with E-state index in [-0.39, 0.29) is 30.3 Å². The van der Waals surface area contributed by atoms with Gasteiger partial charge in [-0.3, -0.25) is 24.3 Å². The molecule has 8 aromatic heterocycles. The lowest BCUT2D eigenvalue weighted by atomic mass is 9.71. The molecule has 0 unspecified atom stereocenters. The van der Waals surface area contributed by atoms with E-state index in [0.29, 0.717) is 116 Å². The minimum Gasteiger partial charge on any atom is -0.447 e. The summed E-state index contributed by atoms with van der Waals surface area (Å²) in [6.07, 6.45) is 12.1. The molecule has 14 rings (SSSR count). The van der Waals surface area contributed by atoms with Gasteiger partial charge in [-0.05, 0) is 162 Å². The lowest BCUT2D eigenvalue weighted by molar-refractivity contribution is 0.0945. The average Bonchev–Trinajstić information content (AvgIpc) is 1.62. The number of ether oxygens (including phenoxy) is 3. The summed E-state index contributed by atoms with van der Waals surface area (Å²) in [5.41, 5.74) is 2.95. The molecule has 0 saturated carbocycles. The second kappa shape index (κ2) is 28.8. The van der Waals surface area contributed by atoms with Crippen LogP contribution >= 0.6 is 43.6 Å². The van der Waals surface area contributed by atoms with Crippen molar-refractivity contribution in [3.63, 3.8) is 0 Å². The lowest BCUT2D eigenvalue weighted by Crippen LogP contribution is -2.46. The summed E-state index contributed by atoms with van der Waals surface area (Å²) in [6.45, 7) is 15.1. The van der Waals surface area contributed by atoms with E-state index in [0.717, 1.165) is 18.8 Å². The second-order valence-electron chi connectivity index (χ2n) is 21.6. The zero-order valence-electron chi connectivity index (χ0n) is 50.2. The van der Waals surface area contributed by atoms with Crippen molar-refractivity contribution in [2.75, 3.05) is 104 Å². The van der Waals surface area contributed by atoms with Crippen LogP contribution in [0.4, 0.5) is 53.6 Å². The van der Waals surface area contributed by atoms with Crippen LogP contribution in [-0.2, 0) is 27.3 Å². The van der Waals surface area contributed by atoms with Crippen molar-refractivity contribution in [1.29, 1.82) is 0 Å². The maximum absolute atomic E-state index is 13.4. The SMILES string of the molecule is C=CCn1c(=O)c2cnc(Nc3ccc(N4CCC5(CCN(C)CC5)CC4)cc3)nc2n1-c1cccc(N2CCOC2=O)n1.C=CCn1c(=O)c2cnc(SC)nc2n1-c1cccc(N2CCOC2=O)n1.Fc1cccc(Br)n1.O=C1OCCN1c1cccc(Br)n1. The topological polar surface area (TPSA) is 264 Å². The van der Waals surface area contributed by atoms with Gasteiger partial charge < -0.3 is 29.3 Å². The van der Waals surface area contributed by atoms with Gasteiger partial charge in [0.1, 0.15) is 57.3 Å². The summed E-state index contributed by atoms with van der Waals surface area (Å²) in [5, 5.41) is 4.59. The summed E-state index contributed by atoms with van der Waals surface area (Å²) < 4.78 is 34.4. The highest BCUT2D eigenvalue weighted by Gasteiger charge is 2.37. The van der Waals surface area contributed by atoms with Crippen molar-refractivity contribution in [3.8, 4) is 11.6 Å². The molecule has 1 spiro atoms. The number of piperidine rings is 2. The Kier molecular flexibility index (Phi) is 20.1. The molecule has 13 heterocycles. The van der Waals surface area contributed by atoms with E-state index in [1.807, 2.05) is 30.5 Å². The molecular formula is C62H63Br2FN18O8S. The third-order valence-corrected chi connectivity index (χ3v) is 17.3. The maximum Gasteiger partial charge on any atom is 0.415 e. The highest BCUT2D eigenvalue weighted by Crippen LogP contribution is 2.42. The molecule has 0 radical (unpaired) electrons. The van der Waals surface area contributed by atoms with Gasteiger partial charge in [-0.15, -0.1) is 13.2 Å². The van der Waals surface area contributed by atoms with E-state index in [4.69, 9.17) is 19.2 Å². The van der Waals surface area contributed by atoms with E-state index >= 15 is 0 Å². The number of amides is 3. The molecule has 5 aliphatic heterocycles. The Morgan fingerprint density at radius 3 is 1.48 bits per heavy atom. The van der Waals surface area contributed by atoms with Crippen LogP contribution in [0.15, 0.2) is 159 Å². The van der Waals surface area contributed by atoms with Crippen molar-refractivity contribution < 1.29 is 33.0 Å². The molecule has 3 amide bonds. The van der Waals surface area contributed by atoms with Crippen LogP contribution in [0.3, 0.4) is 0 Å². The van der Waals surface area contributed by atoms with Gasteiger partial charge in [0.05, 0.1) is 32.7 Å². The number of nitrogens with zero attached hydrogens (tertiary/aromatic N) is 17. The molecule has 92 heavy (non-hydrogen) atoms. The number of fused-ring (bicyclic) bond motifs is 2. The molecule has 5 saturated heterocycles. The van der Waals surface area contributed by atoms with Crippen LogP contribution in [0.2, 0.25) is 0 Å². The first kappa shape index (κ1) is 64.2. The first-order chi connectivity index (χ1) is 44.6. The van der Waals surface area contributed by atoms with Crippen molar-refractivity contribution in [2.24, 2.45) is 5.41 Å². The summed E-state index contributed by atoms with van der Waals surface area (Å²) >= 11 is 7.63. The number of cyclic esters (lactones) is 3. The number of hydrogen-bond donors (Lipinski definition) is 1. The molecule has 26 nitrogen and oxygen atoms in total. The number of rotatable bonds is 13. The molecule has 476 valence electrons. The Morgan fingerprint density at radius 1 is 0.565 bits per heavy atom. The average molecular weight is 1400 g/mol. The van der Waals surface area contributed by atoms with Crippen LogP contribution in [0.1, 0.15) is 25.7 Å². The zero-order chi connectivity index (χ0) is 64.5. The molecular weight excluding hydrogens is 1340 g/mol. The third kappa shape index (κ3) is 14.4. The largest absolute Gasteiger partial charge is 0.447 e. The van der Waals surface area contributed by atoms with E-state index in [9.17, 15) is 28.4 Å². The summed E-state index contributed by atoms with van der Waals surface area (Å²) in [7, 11) is 2.23. The molecule has 1 aromatic carbocycles. The van der Waals surface area contributed by atoms with Gasteiger partial charge in [0.25, 0.3) is 11.1 Å². The fourth-order valence-corrected chi connectivity index (χ4v) is 12.0. The molecule has 0 bridgehead atoms. The number of carbonyl (C=O) groups excluding carboxylic acids is 3. The van der Waals surface area contributed by atoms with E-state index < -0.39 is 18.1 Å². The number of pyridine rings is 4. The van der Waals surface area contributed by atoms with E-state index in [1.54, 1.807) is 76.1 Å². The molecule has 9 aromatic rings. The first-order valence-corrected chi connectivity index (χ1v) is 32.2. The predicted octanol–water partition coefficient (Wildman–Crippen LogP) is 9.80. The Morgan fingerprint density at radius 2 is 1.02 bits per heavy atom. The number of benzene rings is 1. The van der Waals surface area contributed by atoms with Crippen LogP contribution in [-0.4, -0.2) is 161 Å². The number of halogens is 3. The van der Waals surface area contributed by atoms with Gasteiger partial charge in [0.15, 0.2) is 28.1 Å². The number of nitrogens with one attached hydrogen (secondary N) is 1. The molecule has 0 atom stereocenters. The van der Waals surface area contributed by atoms with Crippen molar-refractivity contribution in [1.82, 2.24) is 63.5 Å². The van der Waals surface area contributed by atoms with Gasteiger partial charge in [-0.25, -0.2) is 68.0 Å². The number of hydrogen-bond acceptors (Lipinski definition) is 20. The molecule has 30 heteroatoms. The number of allylic oxidation sites excluding steroid dienone is 2. The van der Waals surface area contributed by atoms with Crippen molar-refractivity contribution in [2.45, 2.75) is 43.9 Å². The highest BCUT2D eigenvalue weighted by molar-refractivity contribution is 9.10. The van der Waals surface area contributed by atoms with Crippen molar-refractivity contribution >= 4 is 119 Å². The standard InChI is InChI=1S/C32H37N9O3.C17H16N6O3S.C8H7BrN2O2.C5H3BrFN/c1-3-15-40-29(42)25-22-33-30(36-28(25)41(40)27-6-4-5-26(35-27)39-20-21-44-31(39)43)34-23-7-9-24(10-8-23)38-18-13-32(14-19-38)11-16-37(2)17-12-32;1-3-7-22-15(24)11-10-18-16(27-2)20-14(11)23(22)13-6-4-5-12(19-13)21-8-9-26-17(21)25;9-6-2-1-3-7(10-6)11-4-5-13-8(11)12;6-4-2-1-3-5(7)8-4/h3-10,22H,1,11-21H2,2H3,(H,33,34,36);3-6,10H,1,7-9H2,2H3;1-3H,4-5H2;1-3H. The summed E-state index contributed by atoms with van der Waals surface area (Å²) in [5.74, 6) is 2.31.